The van der Waals surface area contributed by atoms with Gasteiger partial charge in [-0.1, -0.05) is 0 Å². The molecule has 4 nitrogen and oxygen atoms in total. The van der Waals surface area contributed by atoms with E-state index in [1.807, 2.05) is 0 Å². The van der Waals surface area contributed by atoms with Gasteiger partial charge in [0.25, 0.3) is 0 Å². The average Bonchev–Trinajstić information content (AvgIpc) is 2.45. The van der Waals surface area contributed by atoms with E-state index in [1.165, 1.54) is 12.3 Å². The molecule has 15 heavy (non-hydrogen) atoms. The zero-order valence-corrected chi connectivity index (χ0v) is 8.80. The molecular weight excluding hydrogens is 219 g/mol. The number of halogens is 1. The van der Waals surface area contributed by atoms with Crippen LogP contribution in [0.5, 0.6) is 0 Å². The normalized spacial score (nSPS) is 23.9. The average molecular weight is 230 g/mol. The summed E-state index contributed by atoms with van der Waals surface area (Å²) >= 11 is 0. The molecule has 1 unspecified atom stereocenters. The molecule has 0 aromatic carbocycles. The third-order valence-electron chi connectivity index (χ3n) is 2.33. The molecular formula is C9H11FN2O2S. The Balaban J connectivity index is 2.05. The highest BCUT2D eigenvalue weighted by Crippen LogP contribution is 2.17. The van der Waals surface area contributed by atoms with E-state index in [1.54, 1.807) is 6.07 Å². The number of hydrogen-bond acceptors (Lipinski definition) is 4. The first-order valence-electron chi connectivity index (χ1n) is 4.64. The van der Waals surface area contributed by atoms with Gasteiger partial charge in [-0.05, 0) is 12.5 Å². The number of pyridine rings is 1. The molecule has 0 saturated carbocycles. The highest BCUT2D eigenvalue weighted by molar-refractivity contribution is 7.91. The first kappa shape index (κ1) is 10.4. The van der Waals surface area contributed by atoms with Crippen LogP contribution in [0.1, 0.15) is 6.42 Å². The summed E-state index contributed by atoms with van der Waals surface area (Å²) < 4.78 is 35.1. The minimum Gasteiger partial charge on any atom is -0.381 e. The highest BCUT2D eigenvalue weighted by Gasteiger charge is 2.27. The molecule has 1 fully saturated rings. The maximum atomic E-state index is 12.7. The maximum absolute atomic E-state index is 12.7. The Kier molecular flexibility index (Phi) is 2.60. The lowest BCUT2D eigenvalue weighted by Crippen LogP contribution is -2.20. The summed E-state index contributed by atoms with van der Waals surface area (Å²) in [6.45, 7) is 0. The number of sulfone groups is 1. The van der Waals surface area contributed by atoms with Crippen LogP contribution in [0.4, 0.5) is 10.1 Å². The molecule has 1 saturated heterocycles. The summed E-state index contributed by atoms with van der Waals surface area (Å²) in [5.41, 5.74) is 0.574. The van der Waals surface area contributed by atoms with Crippen molar-refractivity contribution in [2.75, 3.05) is 16.8 Å². The Hall–Kier alpha value is -1.17. The molecule has 1 N–H and O–H groups in total. The molecule has 0 spiro atoms. The molecule has 0 radical (unpaired) electrons. The summed E-state index contributed by atoms with van der Waals surface area (Å²) in [6.07, 6.45) is 1.92. The molecule has 1 atom stereocenters. The second-order valence-corrected chi connectivity index (χ2v) is 5.84. The van der Waals surface area contributed by atoms with Crippen LogP contribution < -0.4 is 5.32 Å². The van der Waals surface area contributed by atoms with Crippen molar-refractivity contribution in [3.63, 3.8) is 0 Å². The van der Waals surface area contributed by atoms with Gasteiger partial charge in [0.15, 0.2) is 9.84 Å². The van der Waals surface area contributed by atoms with E-state index in [0.29, 0.717) is 12.1 Å². The zero-order chi connectivity index (χ0) is 10.9. The molecule has 1 aromatic heterocycles. The molecule has 0 bridgehead atoms. The van der Waals surface area contributed by atoms with Gasteiger partial charge in [0.2, 0.25) is 5.95 Å². The highest BCUT2D eigenvalue weighted by atomic mass is 32.2. The minimum atomic E-state index is -2.90. The minimum absolute atomic E-state index is 0.114. The standard InChI is InChI=1S/C9H11FN2O2S/c10-9-5-7(1-3-11-9)12-8-2-4-15(13,14)6-8/h1,3,5,8H,2,4,6H2,(H,11,12). The van der Waals surface area contributed by atoms with Crippen LogP contribution in [-0.4, -0.2) is 30.9 Å². The van der Waals surface area contributed by atoms with E-state index < -0.39 is 15.8 Å². The fraction of sp³-hybridized carbons (Fsp3) is 0.444. The van der Waals surface area contributed by atoms with Crippen molar-refractivity contribution in [1.82, 2.24) is 4.98 Å². The third kappa shape index (κ3) is 2.65. The number of rotatable bonds is 2. The number of anilines is 1. The smallest absolute Gasteiger partial charge is 0.214 e. The molecule has 2 heterocycles. The summed E-state index contributed by atoms with van der Waals surface area (Å²) in [5.74, 6) is -0.240. The van der Waals surface area contributed by atoms with E-state index in [4.69, 9.17) is 0 Å². The van der Waals surface area contributed by atoms with Crippen LogP contribution in [0.2, 0.25) is 0 Å². The van der Waals surface area contributed by atoms with E-state index in [0.717, 1.165) is 0 Å². The van der Waals surface area contributed by atoms with E-state index in [9.17, 15) is 12.8 Å². The van der Waals surface area contributed by atoms with Gasteiger partial charge >= 0.3 is 0 Å². The quantitative estimate of drug-likeness (QED) is 0.764. The SMILES string of the molecule is O=S1(=O)CCC(Nc2ccnc(F)c2)C1. The maximum Gasteiger partial charge on any atom is 0.214 e. The van der Waals surface area contributed by atoms with Crippen molar-refractivity contribution >= 4 is 15.5 Å². The summed E-state index contributed by atoms with van der Waals surface area (Å²) in [7, 11) is -2.90. The summed E-state index contributed by atoms with van der Waals surface area (Å²) in [5, 5.41) is 2.98. The van der Waals surface area contributed by atoms with Crippen LogP contribution in [0, 0.1) is 5.95 Å². The van der Waals surface area contributed by atoms with Crippen molar-refractivity contribution in [3.05, 3.63) is 24.3 Å². The van der Waals surface area contributed by atoms with Gasteiger partial charge in [-0.25, -0.2) is 13.4 Å². The molecule has 1 aliphatic heterocycles. The first-order chi connectivity index (χ1) is 7.05. The Bertz CT molecular complexity index is 461. The fourth-order valence-corrected chi connectivity index (χ4v) is 3.31. The Morgan fingerprint density at radius 2 is 2.33 bits per heavy atom. The Labute approximate surface area is 87.4 Å². The summed E-state index contributed by atoms with van der Waals surface area (Å²) in [4.78, 5) is 3.42. The van der Waals surface area contributed by atoms with Crippen molar-refractivity contribution in [2.24, 2.45) is 0 Å². The number of aromatic nitrogens is 1. The Morgan fingerprint density at radius 1 is 1.53 bits per heavy atom. The fourth-order valence-electron chi connectivity index (χ4n) is 1.64. The van der Waals surface area contributed by atoms with Gasteiger partial charge in [0, 0.05) is 24.0 Å². The molecule has 0 aliphatic carbocycles. The van der Waals surface area contributed by atoms with Crippen molar-refractivity contribution in [2.45, 2.75) is 12.5 Å². The lowest BCUT2D eigenvalue weighted by atomic mass is 10.2. The summed E-state index contributed by atoms with van der Waals surface area (Å²) in [6, 6.07) is 2.76. The van der Waals surface area contributed by atoms with E-state index in [-0.39, 0.29) is 17.5 Å². The number of nitrogens with zero attached hydrogens (tertiary/aromatic N) is 1. The molecule has 1 aliphatic rings. The van der Waals surface area contributed by atoms with Crippen molar-refractivity contribution in [1.29, 1.82) is 0 Å². The first-order valence-corrected chi connectivity index (χ1v) is 6.46. The Morgan fingerprint density at radius 3 is 2.93 bits per heavy atom. The van der Waals surface area contributed by atoms with Gasteiger partial charge < -0.3 is 5.32 Å². The largest absolute Gasteiger partial charge is 0.381 e. The van der Waals surface area contributed by atoms with Gasteiger partial charge in [-0.2, -0.15) is 4.39 Å². The zero-order valence-electron chi connectivity index (χ0n) is 7.98. The molecule has 0 amide bonds. The predicted octanol–water partition coefficient (Wildman–Crippen LogP) is 0.820. The third-order valence-corrected chi connectivity index (χ3v) is 4.10. The van der Waals surface area contributed by atoms with Gasteiger partial charge in [0.1, 0.15) is 0 Å². The van der Waals surface area contributed by atoms with Gasteiger partial charge in [0.05, 0.1) is 11.5 Å². The monoisotopic (exact) mass is 230 g/mol. The predicted molar refractivity (Wildman–Crippen MR) is 54.9 cm³/mol. The van der Waals surface area contributed by atoms with Gasteiger partial charge in [-0.15, -0.1) is 0 Å². The van der Waals surface area contributed by atoms with Crippen LogP contribution in [0.25, 0.3) is 0 Å². The van der Waals surface area contributed by atoms with Crippen LogP contribution in [0.3, 0.4) is 0 Å². The van der Waals surface area contributed by atoms with Crippen molar-refractivity contribution in [3.8, 4) is 0 Å². The molecule has 2 rings (SSSR count). The van der Waals surface area contributed by atoms with E-state index >= 15 is 0 Å². The second kappa shape index (κ2) is 3.77. The van der Waals surface area contributed by atoms with Crippen LogP contribution in [-0.2, 0) is 9.84 Å². The van der Waals surface area contributed by atoms with E-state index in [2.05, 4.69) is 10.3 Å². The number of nitrogens with one attached hydrogen (secondary N) is 1. The molecule has 82 valence electrons. The van der Waals surface area contributed by atoms with Crippen LogP contribution >= 0.6 is 0 Å². The topological polar surface area (TPSA) is 59.1 Å². The molecule has 1 aromatic rings. The van der Waals surface area contributed by atoms with Crippen molar-refractivity contribution < 1.29 is 12.8 Å². The molecule has 6 heteroatoms. The van der Waals surface area contributed by atoms with Gasteiger partial charge in [-0.3, -0.25) is 0 Å². The number of hydrogen-bond donors (Lipinski definition) is 1. The lowest BCUT2D eigenvalue weighted by Gasteiger charge is -2.11. The van der Waals surface area contributed by atoms with Crippen LogP contribution in [0.15, 0.2) is 18.3 Å². The lowest BCUT2D eigenvalue weighted by molar-refractivity contribution is 0.584. The second-order valence-electron chi connectivity index (χ2n) is 3.61.